The van der Waals surface area contributed by atoms with Crippen molar-refractivity contribution < 1.29 is 75.8 Å². The summed E-state index contributed by atoms with van der Waals surface area (Å²) in [6.45, 7) is 1.78. The summed E-state index contributed by atoms with van der Waals surface area (Å²) in [5.41, 5.74) is 0.402. The highest BCUT2D eigenvalue weighted by Crippen LogP contribution is 2.56. The fourth-order valence-corrected chi connectivity index (χ4v) is 4.46. The zero-order valence-electron chi connectivity index (χ0n) is 26.4. The van der Waals surface area contributed by atoms with Gasteiger partial charge >= 0.3 is 18.1 Å². The first-order valence-corrected chi connectivity index (χ1v) is 14.4. The third kappa shape index (κ3) is 8.81. The normalized spacial score (nSPS) is 13.3. The van der Waals surface area contributed by atoms with Crippen molar-refractivity contribution in [3.63, 3.8) is 0 Å². The summed E-state index contributed by atoms with van der Waals surface area (Å²) in [4.78, 5) is 40.9. The Kier molecular flexibility index (Phi) is 13.3. The van der Waals surface area contributed by atoms with E-state index in [0.29, 0.717) is 6.61 Å². The third-order valence-electron chi connectivity index (χ3n) is 6.72. The number of alkyl halides is 3. The number of amides is 1. The number of carboxylic acid groups (broad SMARTS) is 1. The highest BCUT2D eigenvalue weighted by atomic mass is 19.4. The van der Waals surface area contributed by atoms with Crippen molar-refractivity contribution in [2.75, 3.05) is 48.1 Å². The minimum atomic E-state index is -5.08. The van der Waals surface area contributed by atoms with Gasteiger partial charge in [-0.25, -0.2) is 9.59 Å². The summed E-state index contributed by atoms with van der Waals surface area (Å²) in [6.07, 6.45) is 0.314. The fraction of sp³-hybridized carbons (Fsp3) is 0.467. The number of fused-ring (bicyclic) bond motifs is 2. The van der Waals surface area contributed by atoms with E-state index < -0.39 is 36.7 Å². The third-order valence-corrected chi connectivity index (χ3v) is 6.72. The van der Waals surface area contributed by atoms with E-state index in [2.05, 4.69) is 17.4 Å². The lowest BCUT2D eigenvalue weighted by Crippen LogP contribution is -2.39. The minimum absolute atomic E-state index is 0.0299. The molecule has 264 valence electrons. The van der Waals surface area contributed by atoms with E-state index in [1.54, 1.807) is 0 Å². The number of carbonyl (C=O) groups is 3. The number of methoxy groups -OCH3 is 3. The number of aliphatic hydroxyl groups excluding tert-OH is 1. The zero-order valence-corrected chi connectivity index (χ0v) is 26.4. The quantitative estimate of drug-likeness (QED) is 0.112. The molecule has 0 saturated carbocycles. The maximum absolute atomic E-state index is 13.8. The van der Waals surface area contributed by atoms with E-state index in [0.717, 1.165) is 25.7 Å². The molecule has 2 aromatic rings. The van der Waals surface area contributed by atoms with Gasteiger partial charge in [-0.05, 0) is 25.0 Å². The number of hydrogen-bond donors (Lipinski definition) is 3. The second-order valence-electron chi connectivity index (χ2n) is 9.84. The Morgan fingerprint density at radius 2 is 1.44 bits per heavy atom. The Balaban J connectivity index is 0.000000804. The van der Waals surface area contributed by atoms with Crippen molar-refractivity contribution >= 4 is 24.1 Å². The second-order valence-corrected chi connectivity index (χ2v) is 9.84. The molecule has 1 unspecified atom stereocenters. The molecule has 3 N–H and O–H groups in total. The van der Waals surface area contributed by atoms with Gasteiger partial charge in [0.1, 0.15) is 6.61 Å². The van der Waals surface area contributed by atoms with Gasteiger partial charge in [0.25, 0.3) is 5.91 Å². The van der Waals surface area contributed by atoms with Crippen LogP contribution in [0.1, 0.15) is 53.3 Å². The first-order valence-electron chi connectivity index (χ1n) is 14.4. The van der Waals surface area contributed by atoms with E-state index in [1.165, 1.54) is 39.7 Å². The number of aliphatic carboxylic acids is 1. The molecule has 18 heteroatoms. The second kappa shape index (κ2) is 17.1. The summed E-state index contributed by atoms with van der Waals surface area (Å²) >= 11 is 0. The Labute approximate surface area is 272 Å². The van der Waals surface area contributed by atoms with Crippen LogP contribution < -0.4 is 33.7 Å². The summed E-state index contributed by atoms with van der Waals surface area (Å²) in [5.74, 6) is -2.89. The number of hydrogen-bond acceptors (Lipinski definition) is 13. The number of benzene rings is 2. The van der Waals surface area contributed by atoms with Gasteiger partial charge in [0, 0.05) is 11.1 Å². The standard InChI is InChI=1S/C28H34N2O11.C2HF3O2/c1-5-6-7-8-9-41-29-12-16(13-31)30-27(32)17-10-19(34-2)23-25(39-14-37-23)21(17)22-18(28(33)36-4)11-20(35-3)24-26(22)40-15-38-24;3-2(4,5)1(6)7/h10-12,16,31H,5-9,13-15H2,1-4H3,(H,30,32);(H,6,7)/b29-12+;. The van der Waals surface area contributed by atoms with Crippen LogP contribution in [0.5, 0.6) is 34.5 Å². The van der Waals surface area contributed by atoms with Crippen molar-refractivity contribution in [2.24, 2.45) is 5.16 Å². The molecule has 0 radical (unpaired) electrons. The molecule has 2 heterocycles. The molecule has 2 aromatic carbocycles. The molecule has 1 amide bonds. The highest BCUT2D eigenvalue weighted by Gasteiger charge is 2.39. The van der Waals surface area contributed by atoms with Crippen molar-refractivity contribution in [3.05, 3.63) is 23.3 Å². The van der Waals surface area contributed by atoms with Crippen LogP contribution in [0.3, 0.4) is 0 Å². The molecule has 0 saturated heterocycles. The van der Waals surface area contributed by atoms with Crippen molar-refractivity contribution in [3.8, 4) is 45.6 Å². The van der Waals surface area contributed by atoms with Crippen molar-refractivity contribution in [1.29, 1.82) is 0 Å². The van der Waals surface area contributed by atoms with Crippen LogP contribution in [0.25, 0.3) is 11.1 Å². The first kappa shape index (κ1) is 37.3. The lowest BCUT2D eigenvalue weighted by atomic mass is 9.91. The SMILES string of the molecule is CCCCCCO/N=C/C(CO)NC(=O)c1cc(OC)c2c(c1-c1c(C(=O)OC)cc(OC)c3c1OCO3)OCO2.O=C(O)C(F)(F)F. The van der Waals surface area contributed by atoms with Gasteiger partial charge in [-0.2, -0.15) is 13.2 Å². The molecule has 48 heavy (non-hydrogen) atoms. The Bertz CT molecular complexity index is 1500. The molecule has 1 atom stereocenters. The maximum Gasteiger partial charge on any atom is 0.490 e. The summed E-state index contributed by atoms with van der Waals surface area (Å²) in [7, 11) is 4.07. The van der Waals surface area contributed by atoms with E-state index in [-0.39, 0.29) is 70.3 Å². The number of carbonyl (C=O) groups excluding carboxylic acids is 2. The average Bonchev–Trinajstić information content (AvgIpc) is 3.76. The Morgan fingerprint density at radius 1 is 0.917 bits per heavy atom. The number of rotatable bonds is 14. The van der Waals surface area contributed by atoms with E-state index in [9.17, 15) is 27.9 Å². The fourth-order valence-electron chi connectivity index (χ4n) is 4.46. The monoisotopic (exact) mass is 688 g/mol. The van der Waals surface area contributed by atoms with Gasteiger partial charge in [0.15, 0.2) is 23.0 Å². The largest absolute Gasteiger partial charge is 0.493 e. The number of nitrogens with zero attached hydrogens (tertiary/aromatic N) is 1. The van der Waals surface area contributed by atoms with Crippen molar-refractivity contribution in [2.45, 2.75) is 44.8 Å². The van der Waals surface area contributed by atoms with Crippen LogP contribution in [0.2, 0.25) is 0 Å². The van der Waals surface area contributed by atoms with Crippen molar-refractivity contribution in [1.82, 2.24) is 5.32 Å². The van der Waals surface area contributed by atoms with Crippen LogP contribution in [0.15, 0.2) is 17.3 Å². The molecule has 4 rings (SSSR count). The van der Waals surface area contributed by atoms with Gasteiger partial charge in [-0.1, -0.05) is 24.9 Å². The minimum Gasteiger partial charge on any atom is -0.493 e. The maximum atomic E-state index is 13.8. The van der Waals surface area contributed by atoms with Gasteiger partial charge < -0.3 is 53.5 Å². The van der Waals surface area contributed by atoms with E-state index in [1.807, 2.05) is 0 Å². The lowest BCUT2D eigenvalue weighted by Gasteiger charge is -2.20. The molecular formula is C30H35F3N2O13. The van der Waals surface area contributed by atoms with Gasteiger partial charge in [0.2, 0.25) is 25.1 Å². The Hall–Kier alpha value is -5.13. The van der Waals surface area contributed by atoms with Crippen LogP contribution in [-0.2, 0) is 14.4 Å². The first-order chi connectivity index (χ1) is 22.9. The predicted octanol–water partition coefficient (Wildman–Crippen LogP) is 3.92. The van der Waals surface area contributed by atoms with Crippen LogP contribution in [-0.4, -0.2) is 94.6 Å². The number of ether oxygens (including phenoxy) is 7. The van der Waals surface area contributed by atoms with Gasteiger partial charge in [-0.15, -0.1) is 0 Å². The molecule has 0 bridgehead atoms. The van der Waals surface area contributed by atoms with Gasteiger partial charge in [0.05, 0.1) is 51.3 Å². The zero-order chi connectivity index (χ0) is 35.4. The molecule has 0 aromatic heterocycles. The average molecular weight is 689 g/mol. The molecule has 2 aliphatic rings. The highest BCUT2D eigenvalue weighted by molar-refractivity contribution is 6.10. The number of carboxylic acids is 1. The lowest BCUT2D eigenvalue weighted by molar-refractivity contribution is -0.192. The van der Waals surface area contributed by atoms with E-state index in [4.69, 9.17) is 47.9 Å². The van der Waals surface area contributed by atoms with Crippen LogP contribution >= 0.6 is 0 Å². The summed E-state index contributed by atoms with van der Waals surface area (Å²) < 4.78 is 70.5. The predicted molar refractivity (Wildman–Crippen MR) is 159 cm³/mol. The van der Waals surface area contributed by atoms with Gasteiger partial charge in [-0.3, -0.25) is 4.79 Å². The number of oxime groups is 1. The molecule has 0 fully saturated rings. The number of aliphatic hydroxyl groups is 1. The molecule has 0 aliphatic carbocycles. The number of esters is 1. The molecule has 15 nitrogen and oxygen atoms in total. The van der Waals surface area contributed by atoms with E-state index >= 15 is 0 Å². The summed E-state index contributed by atoms with van der Waals surface area (Å²) in [6, 6.07) is 1.99. The van der Waals surface area contributed by atoms with Crippen LogP contribution in [0, 0.1) is 0 Å². The number of halogens is 3. The topological polar surface area (TPSA) is 190 Å². The summed E-state index contributed by atoms with van der Waals surface area (Å²) in [5, 5.41) is 23.7. The Morgan fingerprint density at radius 3 is 1.92 bits per heavy atom. The number of nitrogens with one attached hydrogen (secondary N) is 1. The smallest absolute Gasteiger partial charge is 0.490 e. The molecular weight excluding hydrogens is 653 g/mol. The molecule has 0 spiro atoms. The molecule has 2 aliphatic heterocycles. The number of unbranched alkanes of at least 4 members (excludes halogenated alkanes) is 3. The van der Waals surface area contributed by atoms with Crippen LogP contribution in [0.4, 0.5) is 13.2 Å².